The molecule has 5 N–H and O–H groups in total. The first-order valence-corrected chi connectivity index (χ1v) is 32.7. The zero-order chi connectivity index (χ0) is 68.3. The number of anilines is 2. The number of hydrogen-bond acceptors (Lipinski definition) is 17. The van der Waals surface area contributed by atoms with Crippen LogP contribution in [-0.4, -0.2) is 137 Å². The van der Waals surface area contributed by atoms with Crippen LogP contribution in [0.2, 0.25) is 0 Å². The summed E-state index contributed by atoms with van der Waals surface area (Å²) in [5.74, 6) is 2.30. The summed E-state index contributed by atoms with van der Waals surface area (Å²) in [6.45, 7) is 21.3. The van der Waals surface area contributed by atoms with E-state index >= 15 is 0 Å². The third-order valence-electron chi connectivity index (χ3n) is 16.2. The highest BCUT2D eigenvalue weighted by atomic mass is 16.6. The zero-order valence-electron chi connectivity index (χ0n) is 56.2. The van der Waals surface area contributed by atoms with E-state index in [2.05, 4.69) is 40.5 Å². The van der Waals surface area contributed by atoms with Gasteiger partial charge >= 0.3 is 24.2 Å². The Bertz CT molecular complexity index is 3680. The Hall–Kier alpha value is -9.50. The lowest BCUT2D eigenvalue weighted by molar-refractivity contribution is 0.0173. The first kappa shape index (κ1) is 71.4. The molecule has 3 aliphatic heterocycles. The number of rotatable bonds is 16. The zero-order valence-corrected chi connectivity index (χ0v) is 56.2. The van der Waals surface area contributed by atoms with Crippen molar-refractivity contribution in [2.75, 3.05) is 50.3 Å². The monoisotopic (exact) mass is 1290 g/mol. The number of carbonyl (C=O) groups is 6. The highest BCUT2D eigenvalue weighted by Crippen LogP contribution is 2.30. The number of benzene rings is 4. The van der Waals surface area contributed by atoms with Crippen molar-refractivity contribution in [2.24, 2.45) is 17.8 Å². The van der Waals surface area contributed by atoms with Crippen LogP contribution in [0.25, 0.3) is 22.3 Å². The average molecular weight is 1290 g/mol. The number of nitrogens with one attached hydrogen (secondary N) is 2. The fourth-order valence-electron chi connectivity index (χ4n) is 11.1. The molecule has 7 aromatic rings. The lowest BCUT2D eigenvalue weighted by atomic mass is 9.93. The molecular weight excluding hydrogens is 1200 g/mol. The summed E-state index contributed by atoms with van der Waals surface area (Å²) in [5.41, 5.74) is 12.2. The van der Waals surface area contributed by atoms with Crippen molar-refractivity contribution in [3.8, 4) is 22.3 Å². The first-order chi connectivity index (χ1) is 45.2. The third-order valence-corrected chi connectivity index (χ3v) is 16.2. The number of aromatic nitrogens is 6. The fourth-order valence-corrected chi connectivity index (χ4v) is 11.1. The van der Waals surface area contributed by atoms with Gasteiger partial charge < -0.3 is 40.2 Å². The molecule has 0 unspecified atom stereocenters. The number of aromatic carboxylic acids is 1. The van der Waals surface area contributed by atoms with Gasteiger partial charge in [0.15, 0.2) is 11.6 Å². The first-order valence-electron chi connectivity index (χ1n) is 32.7. The van der Waals surface area contributed by atoms with Crippen LogP contribution in [0.5, 0.6) is 0 Å². The van der Waals surface area contributed by atoms with Gasteiger partial charge in [0.05, 0.1) is 16.7 Å². The third kappa shape index (κ3) is 23.2. The minimum atomic E-state index is -1.03. The summed E-state index contributed by atoms with van der Waals surface area (Å²) in [6, 6.07) is 31.4. The second-order valence-electron chi connectivity index (χ2n) is 27.4. The van der Waals surface area contributed by atoms with Crippen molar-refractivity contribution in [3.05, 3.63) is 180 Å². The number of carboxylic acid groups (broad SMARTS) is 1. The second-order valence-corrected chi connectivity index (χ2v) is 27.4. The van der Waals surface area contributed by atoms with Gasteiger partial charge in [0, 0.05) is 107 Å². The second kappa shape index (κ2) is 33.1. The minimum Gasteiger partial charge on any atom is -0.478 e. The van der Waals surface area contributed by atoms with Crippen LogP contribution >= 0.6 is 0 Å². The number of ether oxygens (including phenoxy) is 3. The molecule has 0 aliphatic carbocycles. The summed E-state index contributed by atoms with van der Waals surface area (Å²) < 4.78 is 16.3. The molecule has 10 rings (SSSR count). The van der Waals surface area contributed by atoms with Crippen LogP contribution in [-0.2, 0) is 46.3 Å². The number of carbonyl (C=O) groups excluding carboxylic acids is 5. The van der Waals surface area contributed by atoms with Crippen molar-refractivity contribution in [1.29, 1.82) is 0 Å². The summed E-state index contributed by atoms with van der Waals surface area (Å²) in [6.07, 6.45) is 16.3. The minimum absolute atomic E-state index is 0.0182. The van der Waals surface area contributed by atoms with Crippen LogP contribution in [0.15, 0.2) is 134 Å². The number of ketones is 2. The number of nitrogens with two attached hydrogens (primary N) is 1. The number of carboxylic acids is 1. The number of hydrogen-bond donors (Lipinski definition) is 4. The van der Waals surface area contributed by atoms with Crippen molar-refractivity contribution < 1.29 is 48.1 Å². The van der Waals surface area contributed by atoms with E-state index < -0.39 is 28.9 Å². The summed E-state index contributed by atoms with van der Waals surface area (Å²) >= 11 is 0. The molecule has 3 aliphatic rings. The van der Waals surface area contributed by atoms with Crippen molar-refractivity contribution in [2.45, 2.75) is 150 Å². The molecule has 3 fully saturated rings. The lowest BCUT2D eigenvalue weighted by Gasteiger charge is -2.33. The van der Waals surface area contributed by atoms with Crippen molar-refractivity contribution >= 4 is 47.2 Å². The number of amides is 3. The van der Waals surface area contributed by atoms with Crippen LogP contribution in [0.4, 0.5) is 25.8 Å². The summed E-state index contributed by atoms with van der Waals surface area (Å²) in [4.78, 5) is 103. The van der Waals surface area contributed by atoms with E-state index in [0.29, 0.717) is 96.5 Å². The van der Waals surface area contributed by atoms with Gasteiger partial charge in [-0.15, -0.1) is 0 Å². The van der Waals surface area contributed by atoms with E-state index in [1.807, 2.05) is 133 Å². The van der Waals surface area contributed by atoms with Gasteiger partial charge in [-0.3, -0.25) is 14.9 Å². The normalized spacial score (nSPS) is 14.8. The largest absolute Gasteiger partial charge is 0.478 e. The van der Waals surface area contributed by atoms with Gasteiger partial charge in [-0.05, 0) is 189 Å². The Morgan fingerprint density at radius 3 is 1.25 bits per heavy atom. The van der Waals surface area contributed by atoms with Crippen molar-refractivity contribution in [3.63, 3.8) is 0 Å². The van der Waals surface area contributed by atoms with Gasteiger partial charge in [-0.25, -0.2) is 49.1 Å². The average Bonchev–Trinajstić information content (AvgIpc) is 2.36. The molecule has 0 bridgehead atoms. The summed E-state index contributed by atoms with van der Waals surface area (Å²) in [5, 5.41) is 15.0. The smallest absolute Gasteiger partial charge is 0.412 e. The lowest BCUT2D eigenvalue weighted by Crippen LogP contribution is -2.42. The van der Waals surface area contributed by atoms with Crippen LogP contribution in [0.3, 0.4) is 0 Å². The number of nitrogen functional groups attached to an aromatic ring is 1. The maximum absolute atomic E-state index is 13.4. The Labute approximate surface area is 557 Å². The summed E-state index contributed by atoms with van der Waals surface area (Å²) in [7, 11) is 0. The van der Waals surface area contributed by atoms with Crippen molar-refractivity contribution in [1.82, 2.24) is 45.0 Å². The van der Waals surface area contributed by atoms with Gasteiger partial charge in [0.2, 0.25) is 0 Å². The molecule has 0 spiro atoms. The Morgan fingerprint density at radius 2 is 0.853 bits per heavy atom. The van der Waals surface area contributed by atoms with E-state index in [1.54, 1.807) is 61.4 Å². The van der Waals surface area contributed by atoms with Gasteiger partial charge in [0.1, 0.15) is 34.3 Å². The fraction of sp³-hybridized carbons (Fsp3) is 0.432. The molecule has 502 valence electrons. The molecule has 3 saturated heterocycles. The van der Waals surface area contributed by atoms with E-state index in [0.717, 1.165) is 91.7 Å². The molecule has 21 nitrogen and oxygen atoms in total. The molecule has 0 radical (unpaired) electrons. The van der Waals surface area contributed by atoms with E-state index in [4.69, 9.17) is 25.1 Å². The molecule has 0 atom stereocenters. The van der Waals surface area contributed by atoms with E-state index in [9.17, 15) is 28.8 Å². The number of Topliss-reactive ketones (excluding diaryl/α,β-unsaturated/α-hetero) is 2. The maximum atomic E-state index is 13.4. The van der Waals surface area contributed by atoms with Crippen LogP contribution in [0, 0.1) is 17.8 Å². The Balaban J connectivity index is 0.000000193. The molecule has 4 aromatic carbocycles. The van der Waals surface area contributed by atoms with E-state index in [-0.39, 0.29) is 42.2 Å². The number of nitrogens with zero attached hydrogens (tertiary/aromatic N) is 8. The van der Waals surface area contributed by atoms with Gasteiger partial charge in [-0.1, -0.05) is 72.8 Å². The highest BCUT2D eigenvalue weighted by Gasteiger charge is 2.30. The van der Waals surface area contributed by atoms with Gasteiger partial charge in [-0.2, -0.15) is 0 Å². The number of likely N-dealkylation sites (tertiary alicyclic amines) is 2. The highest BCUT2D eigenvalue weighted by molar-refractivity contribution is 5.99. The quantitative estimate of drug-likeness (QED) is 0.0397. The Morgan fingerprint density at radius 1 is 0.484 bits per heavy atom. The topological polar surface area (TPSA) is 284 Å². The predicted molar refractivity (Wildman–Crippen MR) is 365 cm³/mol. The number of piperidine rings is 3. The van der Waals surface area contributed by atoms with Crippen LogP contribution < -0.4 is 16.4 Å². The molecule has 95 heavy (non-hydrogen) atoms. The molecule has 21 heteroatoms. The predicted octanol–water partition coefficient (Wildman–Crippen LogP) is 13.2. The standard InChI is InChI=1S/C34H42N4O5.C24H26N4O.C16H23N3O4/c1-33(2,3)42-31(40)37-28-13-12-25(24-10-8-7-9-11-24)19-26(28)20-29(39)27-21-35-30(36-22-27)18-23-14-16-38(17-15-23)32(41)43-34(4,5)6;25-22-7-6-19(18-4-2-1-3-5-18)13-20(22)14-23(29)21-15-27-24(28-16-21)12-17-8-10-26-11-9-17;1-16(2,3)23-15(22)19-6-4-11(5-7-19)8-13-17-9-12(10-18-13)14(20)21/h7-13,19,21-23H,14-18,20H2,1-6H3,(H,37,40);1-7,13,15-17,26H,8-12,14,25H2;9-11H,4-8H2,1-3H3,(H,20,21). The Kier molecular flexibility index (Phi) is 24.8. The molecule has 0 saturated carbocycles. The SMILES string of the molecule is CC(C)(C)OC(=O)N1CCC(Cc2ncc(C(=O)O)cn2)CC1.CC(C)(C)OC(=O)Nc1ccc(-c2ccccc2)cc1CC(=O)c1cnc(CC2CCN(C(=O)OC(C)(C)C)CC2)nc1.Nc1ccc(-c2ccccc2)cc1CC(=O)c1cnc(CC2CCNCC2)nc1. The molecule has 6 heterocycles. The molecule has 3 aromatic heterocycles. The molecule has 3 amide bonds. The van der Waals surface area contributed by atoms with Crippen LogP contribution in [0.1, 0.15) is 161 Å². The van der Waals surface area contributed by atoms with Gasteiger partial charge in [0.25, 0.3) is 0 Å². The van der Waals surface area contributed by atoms with E-state index in [1.165, 1.54) is 12.4 Å². The molecular formula is C74H91N11O10. The maximum Gasteiger partial charge on any atom is 0.412 e.